The van der Waals surface area contributed by atoms with Crippen LogP contribution in [0.5, 0.6) is 0 Å². The number of hydrogen-bond donors (Lipinski definition) is 0. The molecule has 0 saturated carbocycles. The van der Waals surface area contributed by atoms with Gasteiger partial charge in [-0.25, -0.2) is 0 Å². The van der Waals surface area contributed by atoms with E-state index in [9.17, 15) is 16.8 Å². The Morgan fingerprint density at radius 2 is 1.24 bits per heavy atom. The summed E-state index contributed by atoms with van der Waals surface area (Å²) in [6.07, 6.45) is -0.392. The van der Waals surface area contributed by atoms with Gasteiger partial charge in [0.25, 0.3) is 20.2 Å². The van der Waals surface area contributed by atoms with E-state index in [0.717, 1.165) is 12.5 Å². The van der Waals surface area contributed by atoms with Gasteiger partial charge in [-0.3, -0.25) is 8.37 Å². The van der Waals surface area contributed by atoms with Crippen molar-refractivity contribution in [2.45, 2.75) is 12.2 Å². The molecule has 102 valence electrons. The van der Waals surface area contributed by atoms with Crippen molar-refractivity contribution in [2.75, 3.05) is 32.5 Å². The van der Waals surface area contributed by atoms with Gasteiger partial charge in [-0.1, -0.05) is 0 Å². The van der Waals surface area contributed by atoms with Crippen LogP contribution in [0.4, 0.5) is 0 Å². The van der Waals surface area contributed by atoms with Crippen molar-refractivity contribution in [1.82, 2.24) is 0 Å². The Balaban J connectivity index is 2.79. The minimum absolute atomic E-state index is 0.0761. The molecule has 0 radical (unpaired) electrons. The van der Waals surface area contributed by atoms with Crippen LogP contribution in [0.15, 0.2) is 0 Å². The summed E-state index contributed by atoms with van der Waals surface area (Å²) >= 11 is 0. The minimum Gasteiger partial charge on any atom is -0.353 e. The first kappa shape index (κ1) is 14.8. The molecule has 0 aromatic carbocycles. The lowest BCUT2D eigenvalue weighted by Gasteiger charge is -2.21. The van der Waals surface area contributed by atoms with Gasteiger partial charge in [0.1, 0.15) is 19.0 Å². The van der Waals surface area contributed by atoms with Crippen LogP contribution in [0.2, 0.25) is 0 Å². The largest absolute Gasteiger partial charge is 0.353 e. The van der Waals surface area contributed by atoms with E-state index in [-0.39, 0.29) is 20.0 Å². The summed E-state index contributed by atoms with van der Waals surface area (Å²) in [6, 6.07) is 0. The molecule has 1 rings (SSSR count). The molecule has 1 saturated heterocycles. The van der Waals surface area contributed by atoms with E-state index >= 15 is 0 Å². The first-order valence-electron chi connectivity index (χ1n) is 4.59. The van der Waals surface area contributed by atoms with Crippen LogP contribution in [0.1, 0.15) is 0 Å². The SMILES string of the molecule is CS(=O)(=O)O[C@@H]1COCOC[C@H]1OS(C)(=O)=O. The van der Waals surface area contributed by atoms with Gasteiger partial charge in [0, 0.05) is 0 Å². The zero-order valence-corrected chi connectivity index (χ0v) is 11.0. The second-order valence-electron chi connectivity index (χ2n) is 3.54. The smallest absolute Gasteiger partial charge is 0.264 e. The molecule has 0 unspecified atom stereocenters. The lowest BCUT2D eigenvalue weighted by Crippen LogP contribution is -2.39. The van der Waals surface area contributed by atoms with E-state index in [2.05, 4.69) is 0 Å². The van der Waals surface area contributed by atoms with E-state index in [4.69, 9.17) is 17.8 Å². The van der Waals surface area contributed by atoms with Gasteiger partial charge < -0.3 is 9.47 Å². The van der Waals surface area contributed by atoms with Gasteiger partial charge in [0.2, 0.25) is 0 Å². The highest BCUT2D eigenvalue weighted by Gasteiger charge is 2.32. The van der Waals surface area contributed by atoms with Crippen LogP contribution < -0.4 is 0 Å². The Morgan fingerprint density at radius 1 is 0.882 bits per heavy atom. The fourth-order valence-corrected chi connectivity index (χ4v) is 2.49. The van der Waals surface area contributed by atoms with Gasteiger partial charge in [-0.15, -0.1) is 0 Å². The first-order chi connectivity index (χ1) is 7.67. The highest BCUT2D eigenvalue weighted by atomic mass is 32.2. The normalized spacial score (nSPS) is 27.6. The summed E-state index contributed by atoms with van der Waals surface area (Å²) in [4.78, 5) is 0. The van der Waals surface area contributed by atoms with Gasteiger partial charge in [-0.2, -0.15) is 16.8 Å². The predicted octanol–water partition coefficient (Wildman–Crippen LogP) is -1.32. The van der Waals surface area contributed by atoms with Crippen LogP contribution in [0.3, 0.4) is 0 Å². The van der Waals surface area contributed by atoms with Gasteiger partial charge in [0.05, 0.1) is 25.7 Å². The van der Waals surface area contributed by atoms with Crippen molar-refractivity contribution in [2.24, 2.45) is 0 Å². The summed E-state index contributed by atoms with van der Waals surface area (Å²) in [5.41, 5.74) is 0. The lowest BCUT2D eigenvalue weighted by atomic mass is 10.2. The monoisotopic (exact) mass is 290 g/mol. The molecule has 1 aliphatic rings. The van der Waals surface area contributed by atoms with Crippen LogP contribution in [0, 0.1) is 0 Å². The fourth-order valence-electron chi connectivity index (χ4n) is 1.23. The molecule has 1 heterocycles. The molecule has 0 N–H and O–H groups in total. The molecule has 17 heavy (non-hydrogen) atoms. The molecule has 0 spiro atoms. The third-order valence-corrected chi connectivity index (χ3v) is 2.94. The van der Waals surface area contributed by atoms with Crippen LogP contribution >= 0.6 is 0 Å². The van der Waals surface area contributed by atoms with Crippen molar-refractivity contribution in [1.29, 1.82) is 0 Å². The minimum atomic E-state index is -3.74. The van der Waals surface area contributed by atoms with Crippen LogP contribution in [-0.2, 0) is 38.1 Å². The van der Waals surface area contributed by atoms with Crippen LogP contribution in [0.25, 0.3) is 0 Å². The van der Waals surface area contributed by atoms with Crippen molar-refractivity contribution in [3.63, 3.8) is 0 Å². The molecule has 1 aliphatic heterocycles. The maximum absolute atomic E-state index is 11.0. The van der Waals surface area contributed by atoms with E-state index in [1.807, 2.05) is 0 Å². The third-order valence-electron chi connectivity index (χ3n) is 1.74. The quantitative estimate of drug-likeness (QED) is 0.587. The summed E-state index contributed by atoms with van der Waals surface area (Å²) in [5, 5.41) is 0. The maximum atomic E-state index is 11.0. The Hall–Kier alpha value is -0.260. The Bertz CT molecular complexity index is 396. The Morgan fingerprint density at radius 3 is 1.53 bits per heavy atom. The van der Waals surface area contributed by atoms with Gasteiger partial charge >= 0.3 is 0 Å². The van der Waals surface area contributed by atoms with Crippen LogP contribution in [-0.4, -0.2) is 61.6 Å². The second kappa shape index (κ2) is 5.59. The molecule has 0 aliphatic carbocycles. The van der Waals surface area contributed by atoms with Gasteiger partial charge in [0.15, 0.2) is 0 Å². The first-order valence-corrected chi connectivity index (χ1v) is 8.23. The summed E-state index contributed by atoms with van der Waals surface area (Å²) < 4.78 is 63.2. The molecule has 8 nitrogen and oxygen atoms in total. The van der Waals surface area contributed by atoms with Crippen molar-refractivity contribution >= 4 is 20.2 Å². The molecular formula is C7H14O8S2. The fraction of sp³-hybridized carbons (Fsp3) is 1.00. The average molecular weight is 290 g/mol. The lowest BCUT2D eigenvalue weighted by molar-refractivity contribution is -0.0416. The molecule has 0 bridgehead atoms. The van der Waals surface area contributed by atoms with E-state index in [1.165, 1.54) is 0 Å². The molecular weight excluding hydrogens is 276 g/mol. The average Bonchev–Trinajstić information content (AvgIpc) is 2.27. The molecule has 0 amide bonds. The van der Waals surface area contributed by atoms with Crippen molar-refractivity contribution in [3.05, 3.63) is 0 Å². The highest BCUT2D eigenvalue weighted by Crippen LogP contribution is 2.14. The Kier molecular flexibility index (Phi) is 4.86. The molecule has 1 fully saturated rings. The summed E-state index contributed by atoms with van der Waals surface area (Å²) in [7, 11) is -7.48. The number of hydrogen-bond acceptors (Lipinski definition) is 8. The zero-order valence-electron chi connectivity index (χ0n) is 9.36. The van der Waals surface area contributed by atoms with E-state index in [0.29, 0.717) is 0 Å². The molecule has 10 heteroatoms. The molecule has 0 aromatic rings. The maximum Gasteiger partial charge on any atom is 0.264 e. The third kappa shape index (κ3) is 6.29. The van der Waals surface area contributed by atoms with E-state index in [1.54, 1.807) is 0 Å². The van der Waals surface area contributed by atoms with Gasteiger partial charge in [-0.05, 0) is 0 Å². The summed E-state index contributed by atoms with van der Waals surface area (Å²) in [6.45, 7) is -0.340. The van der Waals surface area contributed by atoms with E-state index < -0.39 is 32.4 Å². The molecule has 0 aromatic heterocycles. The molecule has 2 atom stereocenters. The van der Waals surface area contributed by atoms with Crippen molar-refractivity contribution < 1.29 is 34.7 Å². The highest BCUT2D eigenvalue weighted by molar-refractivity contribution is 7.86. The number of rotatable bonds is 4. The second-order valence-corrected chi connectivity index (χ2v) is 6.74. The summed E-state index contributed by atoms with van der Waals surface area (Å²) in [5.74, 6) is 0. The topological polar surface area (TPSA) is 105 Å². The number of ether oxygens (including phenoxy) is 2. The Labute approximate surface area is 100 Å². The zero-order chi connectivity index (χ0) is 13.1. The van der Waals surface area contributed by atoms with Crippen molar-refractivity contribution in [3.8, 4) is 0 Å². The predicted molar refractivity (Wildman–Crippen MR) is 56.2 cm³/mol. The standard InChI is InChI=1S/C7H14O8S2/c1-16(8,9)14-6-3-12-5-13-4-7(6)15-17(2,10)11/h6-7H,3-5H2,1-2H3/t6-,7-/m1/s1.